The minimum atomic E-state index is -0.474. The first kappa shape index (κ1) is 13.2. The Kier molecular flexibility index (Phi) is 5.17. The van der Waals surface area contributed by atoms with Crippen molar-refractivity contribution in [3.8, 4) is 0 Å². The summed E-state index contributed by atoms with van der Waals surface area (Å²) in [6.07, 6.45) is 2.16. The first-order valence-corrected chi connectivity index (χ1v) is 5.35. The van der Waals surface area contributed by atoms with E-state index in [4.69, 9.17) is 9.84 Å². The molecule has 0 saturated heterocycles. The smallest absolute Gasteiger partial charge is 0.333 e. The standard InChI is InChI=1S/C14H16O3/c1-3-12-6-4-5-7-13(12)10-11(2)14(16)17-9-8-15/h3-7,15H,1-2,8-10H2. The van der Waals surface area contributed by atoms with Gasteiger partial charge in [0, 0.05) is 12.0 Å². The van der Waals surface area contributed by atoms with Crippen LogP contribution in [0.15, 0.2) is 43.0 Å². The van der Waals surface area contributed by atoms with E-state index in [9.17, 15) is 4.79 Å². The third kappa shape index (κ3) is 3.89. The third-order valence-corrected chi connectivity index (χ3v) is 2.29. The van der Waals surface area contributed by atoms with E-state index >= 15 is 0 Å². The maximum Gasteiger partial charge on any atom is 0.333 e. The topological polar surface area (TPSA) is 46.5 Å². The number of carbonyl (C=O) groups is 1. The molecule has 17 heavy (non-hydrogen) atoms. The maximum absolute atomic E-state index is 11.4. The van der Waals surface area contributed by atoms with Gasteiger partial charge in [0.05, 0.1) is 6.61 Å². The molecule has 3 heteroatoms. The molecule has 0 aliphatic rings. The Hall–Kier alpha value is -1.87. The molecule has 0 heterocycles. The summed E-state index contributed by atoms with van der Waals surface area (Å²) in [6, 6.07) is 7.65. The second kappa shape index (κ2) is 6.66. The average molecular weight is 232 g/mol. The van der Waals surface area contributed by atoms with Crippen molar-refractivity contribution >= 4 is 12.0 Å². The molecule has 3 nitrogen and oxygen atoms in total. The molecule has 0 atom stereocenters. The number of benzene rings is 1. The Balaban J connectivity index is 2.67. The highest BCUT2D eigenvalue weighted by atomic mass is 16.5. The van der Waals surface area contributed by atoms with Crippen LogP contribution in [-0.4, -0.2) is 24.3 Å². The predicted molar refractivity (Wildman–Crippen MR) is 67.4 cm³/mol. The van der Waals surface area contributed by atoms with Gasteiger partial charge in [-0.3, -0.25) is 0 Å². The first-order valence-electron chi connectivity index (χ1n) is 5.35. The summed E-state index contributed by atoms with van der Waals surface area (Å²) in [6.45, 7) is 7.22. The Morgan fingerprint density at radius 2 is 2.12 bits per heavy atom. The van der Waals surface area contributed by atoms with Crippen LogP contribution in [0.1, 0.15) is 11.1 Å². The van der Waals surface area contributed by atoms with Gasteiger partial charge in [0.2, 0.25) is 0 Å². The number of rotatable bonds is 6. The quantitative estimate of drug-likeness (QED) is 0.602. The van der Waals surface area contributed by atoms with Crippen LogP contribution in [0.5, 0.6) is 0 Å². The van der Waals surface area contributed by atoms with Crippen LogP contribution in [0.25, 0.3) is 6.08 Å². The minimum absolute atomic E-state index is 0.000951. The predicted octanol–water partition coefficient (Wildman–Crippen LogP) is 1.96. The van der Waals surface area contributed by atoms with Gasteiger partial charge < -0.3 is 9.84 Å². The summed E-state index contributed by atoms with van der Waals surface area (Å²) < 4.78 is 4.78. The molecule has 0 aliphatic carbocycles. The summed E-state index contributed by atoms with van der Waals surface area (Å²) in [4.78, 5) is 11.4. The summed E-state index contributed by atoms with van der Waals surface area (Å²) in [5.74, 6) is -0.474. The summed E-state index contributed by atoms with van der Waals surface area (Å²) in [5, 5.41) is 8.55. The van der Waals surface area contributed by atoms with Gasteiger partial charge in [-0.25, -0.2) is 4.79 Å². The summed E-state index contributed by atoms with van der Waals surface area (Å²) in [7, 11) is 0. The van der Waals surface area contributed by atoms with Gasteiger partial charge in [-0.1, -0.05) is 43.5 Å². The van der Waals surface area contributed by atoms with E-state index in [1.54, 1.807) is 6.08 Å². The normalized spacial score (nSPS) is 9.71. The lowest BCUT2D eigenvalue weighted by Crippen LogP contribution is -2.12. The van der Waals surface area contributed by atoms with Crippen molar-refractivity contribution in [2.45, 2.75) is 6.42 Å². The van der Waals surface area contributed by atoms with Crippen LogP contribution in [0.2, 0.25) is 0 Å². The minimum Gasteiger partial charge on any atom is -0.460 e. The molecule has 1 N–H and O–H groups in total. The molecule has 1 rings (SSSR count). The van der Waals surface area contributed by atoms with Crippen molar-refractivity contribution < 1.29 is 14.6 Å². The van der Waals surface area contributed by atoms with Crippen LogP contribution in [0, 0.1) is 0 Å². The van der Waals surface area contributed by atoms with Crippen LogP contribution in [0.3, 0.4) is 0 Å². The van der Waals surface area contributed by atoms with E-state index < -0.39 is 5.97 Å². The van der Waals surface area contributed by atoms with E-state index in [0.717, 1.165) is 11.1 Å². The molecule has 0 aromatic heterocycles. The Morgan fingerprint density at radius 3 is 2.76 bits per heavy atom. The number of aliphatic hydroxyl groups excluding tert-OH is 1. The van der Waals surface area contributed by atoms with Crippen LogP contribution >= 0.6 is 0 Å². The van der Waals surface area contributed by atoms with Crippen molar-refractivity contribution in [1.29, 1.82) is 0 Å². The van der Waals surface area contributed by atoms with E-state index in [1.807, 2.05) is 24.3 Å². The lowest BCUT2D eigenvalue weighted by atomic mass is 10.0. The van der Waals surface area contributed by atoms with Gasteiger partial charge in [-0.15, -0.1) is 0 Å². The van der Waals surface area contributed by atoms with Crippen LogP contribution in [0.4, 0.5) is 0 Å². The molecule has 0 fully saturated rings. The Labute approximate surface area is 101 Å². The highest BCUT2D eigenvalue weighted by molar-refractivity contribution is 5.88. The van der Waals surface area contributed by atoms with Crippen LogP contribution in [-0.2, 0) is 16.0 Å². The lowest BCUT2D eigenvalue weighted by Gasteiger charge is -2.08. The van der Waals surface area contributed by atoms with Crippen molar-refractivity contribution in [2.24, 2.45) is 0 Å². The zero-order valence-electron chi connectivity index (χ0n) is 9.69. The van der Waals surface area contributed by atoms with E-state index in [-0.39, 0.29) is 13.2 Å². The number of carbonyl (C=O) groups excluding carboxylic acids is 1. The largest absolute Gasteiger partial charge is 0.460 e. The molecule has 0 saturated carbocycles. The number of aliphatic hydroxyl groups is 1. The highest BCUT2D eigenvalue weighted by Crippen LogP contribution is 2.14. The van der Waals surface area contributed by atoms with E-state index in [1.165, 1.54) is 0 Å². The van der Waals surface area contributed by atoms with Gasteiger partial charge in [0.25, 0.3) is 0 Å². The van der Waals surface area contributed by atoms with Crippen LogP contribution < -0.4 is 0 Å². The SMILES string of the molecule is C=Cc1ccccc1CC(=C)C(=O)OCCO. The number of ether oxygens (including phenoxy) is 1. The molecule has 90 valence electrons. The summed E-state index contributed by atoms with van der Waals surface area (Å²) in [5.41, 5.74) is 2.32. The molecule has 0 radical (unpaired) electrons. The lowest BCUT2D eigenvalue weighted by molar-refractivity contribution is -0.140. The van der Waals surface area contributed by atoms with E-state index in [2.05, 4.69) is 13.2 Å². The van der Waals surface area contributed by atoms with Gasteiger partial charge in [-0.05, 0) is 11.1 Å². The fourth-order valence-electron chi connectivity index (χ4n) is 1.44. The molecule has 0 spiro atoms. The second-order valence-electron chi connectivity index (χ2n) is 3.54. The number of esters is 1. The fourth-order valence-corrected chi connectivity index (χ4v) is 1.44. The van der Waals surface area contributed by atoms with Crippen molar-refractivity contribution in [2.75, 3.05) is 13.2 Å². The fraction of sp³-hybridized carbons (Fsp3) is 0.214. The zero-order valence-corrected chi connectivity index (χ0v) is 9.69. The van der Waals surface area contributed by atoms with Gasteiger partial charge in [0.15, 0.2) is 0 Å². The molecular formula is C14H16O3. The molecule has 0 unspecified atom stereocenters. The van der Waals surface area contributed by atoms with Crippen molar-refractivity contribution in [3.05, 3.63) is 54.1 Å². The Bertz CT molecular complexity index is 421. The maximum atomic E-state index is 11.4. The number of hydrogen-bond donors (Lipinski definition) is 1. The number of hydrogen-bond acceptors (Lipinski definition) is 3. The average Bonchev–Trinajstić information content (AvgIpc) is 2.36. The molecular weight excluding hydrogens is 216 g/mol. The molecule has 1 aromatic rings. The summed E-state index contributed by atoms with van der Waals surface area (Å²) >= 11 is 0. The monoisotopic (exact) mass is 232 g/mol. The molecule has 1 aromatic carbocycles. The van der Waals surface area contributed by atoms with E-state index in [0.29, 0.717) is 12.0 Å². The molecule has 0 amide bonds. The molecule has 0 aliphatic heterocycles. The van der Waals surface area contributed by atoms with Gasteiger partial charge in [-0.2, -0.15) is 0 Å². The van der Waals surface area contributed by atoms with Gasteiger partial charge in [0.1, 0.15) is 6.61 Å². The first-order chi connectivity index (χ1) is 8.19. The van der Waals surface area contributed by atoms with Crippen molar-refractivity contribution in [1.82, 2.24) is 0 Å². The zero-order chi connectivity index (χ0) is 12.7. The molecule has 0 bridgehead atoms. The highest BCUT2D eigenvalue weighted by Gasteiger charge is 2.10. The Morgan fingerprint density at radius 1 is 1.41 bits per heavy atom. The van der Waals surface area contributed by atoms with Gasteiger partial charge >= 0.3 is 5.97 Å². The third-order valence-electron chi connectivity index (χ3n) is 2.29. The van der Waals surface area contributed by atoms with Crippen molar-refractivity contribution in [3.63, 3.8) is 0 Å². The second-order valence-corrected chi connectivity index (χ2v) is 3.54.